The quantitative estimate of drug-likeness (QED) is 0.823. The topological polar surface area (TPSA) is 38.5 Å². The van der Waals surface area contributed by atoms with Gasteiger partial charge in [0.1, 0.15) is 0 Å². The van der Waals surface area contributed by atoms with Gasteiger partial charge in [-0.1, -0.05) is 0 Å². The smallest absolute Gasteiger partial charge is 0.0789 e. The molecule has 0 aromatic carbocycles. The molecule has 0 aromatic heterocycles. The maximum absolute atomic E-state index is 6.22. The summed E-state index contributed by atoms with van der Waals surface area (Å²) < 4.78 is 6.22. The van der Waals surface area contributed by atoms with Crippen LogP contribution in [0.15, 0.2) is 0 Å². The van der Waals surface area contributed by atoms with Crippen LogP contribution in [0.3, 0.4) is 0 Å². The minimum Gasteiger partial charge on any atom is -0.368 e. The molecule has 0 radical (unpaired) electrons. The fourth-order valence-corrected chi connectivity index (χ4v) is 3.93. The lowest BCUT2D eigenvalue weighted by Gasteiger charge is -2.41. The van der Waals surface area contributed by atoms with E-state index in [2.05, 4.69) is 39.6 Å². The lowest BCUT2D eigenvalue weighted by atomic mass is 9.87. The molecule has 2 rings (SSSR count). The molecule has 3 heteroatoms. The highest BCUT2D eigenvalue weighted by Gasteiger charge is 2.48. The second-order valence-electron chi connectivity index (χ2n) is 7.42. The number of ether oxygens (including phenoxy) is 1. The Hall–Kier alpha value is -0.120. The molecule has 0 bridgehead atoms. The summed E-state index contributed by atoms with van der Waals surface area (Å²) >= 11 is 0. The molecule has 1 aliphatic carbocycles. The summed E-state index contributed by atoms with van der Waals surface area (Å²) in [6.07, 6.45) is 5.95. The van der Waals surface area contributed by atoms with Crippen LogP contribution in [0.2, 0.25) is 0 Å². The van der Waals surface area contributed by atoms with Gasteiger partial charge in [-0.05, 0) is 66.8 Å². The summed E-state index contributed by atoms with van der Waals surface area (Å²) in [5, 5.41) is 0. The molecule has 1 heterocycles. The average Bonchev–Trinajstić information content (AvgIpc) is 2.47. The van der Waals surface area contributed by atoms with Crippen molar-refractivity contribution in [3.63, 3.8) is 0 Å². The van der Waals surface area contributed by atoms with E-state index in [1.165, 1.54) is 25.7 Å². The van der Waals surface area contributed by atoms with E-state index < -0.39 is 0 Å². The van der Waals surface area contributed by atoms with Crippen LogP contribution < -0.4 is 5.73 Å². The van der Waals surface area contributed by atoms with Crippen LogP contribution in [0, 0.1) is 0 Å². The van der Waals surface area contributed by atoms with E-state index in [-0.39, 0.29) is 11.2 Å². The zero-order chi connectivity index (χ0) is 13.6. The number of hydrogen-bond donors (Lipinski definition) is 1. The van der Waals surface area contributed by atoms with E-state index in [9.17, 15) is 0 Å². The lowest BCUT2D eigenvalue weighted by molar-refractivity contribution is -0.0827. The van der Waals surface area contributed by atoms with Crippen LogP contribution in [0.4, 0.5) is 0 Å². The third kappa shape index (κ3) is 2.89. The Balaban J connectivity index is 2.02. The fourth-order valence-electron chi connectivity index (χ4n) is 3.93. The summed E-state index contributed by atoms with van der Waals surface area (Å²) in [7, 11) is 2.28. The number of hydrogen-bond acceptors (Lipinski definition) is 3. The number of likely N-dealkylation sites (N-methyl/N-ethyl adjacent to an activating group) is 1. The van der Waals surface area contributed by atoms with Gasteiger partial charge in [-0.15, -0.1) is 0 Å². The van der Waals surface area contributed by atoms with Crippen molar-refractivity contribution >= 4 is 0 Å². The number of nitrogens with zero attached hydrogens (tertiary/aromatic N) is 1. The molecular weight excluding hydrogens is 224 g/mol. The van der Waals surface area contributed by atoms with Crippen molar-refractivity contribution < 1.29 is 4.74 Å². The average molecular weight is 254 g/mol. The Bertz CT molecular complexity index is 293. The maximum atomic E-state index is 6.22. The van der Waals surface area contributed by atoms with Crippen LogP contribution >= 0.6 is 0 Å². The largest absolute Gasteiger partial charge is 0.368 e. The van der Waals surface area contributed by atoms with Crippen LogP contribution in [-0.2, 0) is 4.74 Å². The molecule has 0 amide bonds. The predicted molar refractivity (Wildman–Crippen MR) is 75.6 cm³/mol. The number of nitrogens with two attached hydrogens (primary N) is 1. The minimum atomic E-state index is -0.0438. The normalized spacial score (nSPS) is 39.2. The highest BCUT2D eigenvalue weighted by Crippen LogP contribution is 2.41. The van der Waals surface area contributed by atoms with Gasteiger partial charge in [-0.3, -0.25) is 4.90 Å². The molecule has 3 nitrogen and oxygen atoms in total. The van der Waals surface area contributed by atoms with E-state index in [0.717, 1.165) is 6.42 Å². The Labute approximate surface area is 112 Å². The SMILES string of the molecule is CN(C1CCC(N)CC1)C1CC(C)(C)OC1(C)C. The van der Waals surface area contributed by atoms with Crippen LogP contribution in [0.1, 0.15) is 59.8 Å². The van der Waals surface area contributed by atoms with Gasteiger partial charge in [-0.25, -0.2) is 0 Å². The van der Waals surface area contributed by atoms with Gasteiger partial charge in [0, 0.05) is 18.1 Å². The van der Waals surface area contributed by atoms with Crippen molar-refractivity contribution in [2.75, 3.05) is 7.05 Å². The Morgan fingerprint density at radius 1 is 1.06 bits per heavy atom. The Kier molecular flexibility index (Phi) is 3.79. The van der Waals surface area contributed by atoms with Crippen molar-refractivity contribution in [3.8, 4) is 0 Å². The highest BCUT2D eigenvalue weighted by molar-refractivity contribution is 5.01. The molecule has 2 N–H and O–H groups in total. The van der Waals surface area contributed by atoms with Crippen LogP contribution in [0.5, 0.6) is 0 Å². The Morgan fingerprint density at radius 3 is 2.06 bits per heavy atom. The molecule has 18 heavy (non-hydrogen) atoms. The predicted octanol–water partition coefficient (Wildman–Crippen LogP) is 2.53. The first-order valence-electron chi connectivity index (χ1n) is 7.39. The van der Waals surface area contributed by atoms with E-state index in [4.69, 9.17) is 10.5 Å². The van der Waals surface area contributed by atoms with Crippen molar-refractivity contribution in [1.82, 2.24) is 4.90 Å². The molecule has 106 valence electrons. The minimum absolute atomic E-state index is 0.00744. The van der Waals surface area contributed by atoms with Crippen molar-refractivity contribution in [2.45, 2.75) is 89.1 Å². The molecule has 1 unspecified atom stereocenters. The fraction of sp³-hybridized carbons (Fsp3) is 1.00. The van der Waals surface area contributed by atoms with Gasteiger partial charge in [0.25, 0.3) is 0 Å². The van der Waals surface area contributed by atoms with Gasteiger partial charge in [0.2, 0.25) is 0 Å². The molecule has 1 atom stereocenters. The zero-order valence-corrected chi connectivity index (χ0v) is 12.7. The second kappa shape index (κ2) is 4.77. The summed E-state index contributed by atoms with van der Waals surface area (Å²) in [4.78, 5) is 2.57. The molecule has 1 saturated carbocycles. The third-order valence-corrected chi connectivity index (χ3v) is 4.84. The van der Waals surface area contributed by atoms with E-state index in [1.807, 2.05) is 0 Å². The van der Waals surface area contributed by atoms with E-state index >= 15 is 0 Å². The van der Waals surface area contributed by atoms with Crippen molar-refractivity contribution in [3.05, 3.63) is 0 Å². The van der Waals surface area contributed by atoms with Crippen molar-refractivity contribution in [1.29, 1.82) is 0 Å². The molecule has 1 aliphatic heterocycles. The molecule has 1 saturated heterocycles. The summed E-state index contributed by atoms with van der Waals surface area (Å²) in [5.41, 5.74) is 5.97. The van der Waals surface area contributed by atoms with Gasteiger partial charge in [0.15, 0.2) is 0 Å². The van der Waals surface area contributed by atoms with E-state index in [0.29, 0.717) is 18.1 Å². The molecule has 0 spiro atoms. The molecular formula is C15H30N2O. The lowest BCUT2D eigenvalue weighted by Crippen LogP contribution is -2.50. The van der Waals surface area contributed by atoms with Gasteiger partial charge < -0.3 is 10.5 Å². The van der Waals surface area contributed by atoms with Crippen LogP contribution in [0.25, 0.3) is 0 Å². The molecule has 0 aromatic rings. The molecule has 2 aliphatic rings. The second-order valence-corrected chi connectivity index (χ2v) is 7.42. The van der Waals surface area contributed by atoms with Gasteiger partial charge in [0.05, 0.1) is 11.2 Å². The highest BCUT2D eigenvalue weighted by atomic mass is 16.5. The van der Waals surface area contributed by atoms with E-state index in [1.54, 1.807) is 0 Å². The van der Waals surface area contributed by atoms with Gasteiger partial charge >= 0.3 is 0 Å². The summed E-state index contributed by atoms with van der Waals surface area (Å²) in [6, 6.07) is 1.64. The summed E-state index contributed by atoms with van der Waals surface area (Å²) in [6.45, 7) is 8.88. The third-order valence-electron chi connectivity index (χ3n) is 4.84. The Morgan fingerprint density at radius 2 is 1.61 bits per heavy atom. The maximum Gasteiger partial charge on any atom is 0.0789 e. The first-order valence-corrected chi connectivity index (χ1v) is 7.39. The van der Waals surface area contributed by atoms with Crippen LogP contribution in [-0.4, -0.2) is 41.3 Å². The summed E-state index contributed by atoms with van der Waals surface area (Å²) in [5.74, 6) is 0. The zero-order valence-electron chi connectivity index (χ0n) is 12.7. The first-order chi connectivity index (χ1) is 8.21. The standard InChI is InChI=1S/C15H30N2O/c1-14(2)10-13(15(3,4)18-14)17(5)12-8-6-11(16)7-9-12/h11-13H,6-10,16H2,1-5H3. The van der Waals surface area contributed by atoms with Gasteiger partial charge in [-0.2, -0.15) is 0 Å². The monoisotopic (exact) mass is 254 g/mol. The molecule has 2 fully saturated rings. The van der Waals surface area contributed by atoms with Crippen molar-refractivity contribution in [2.24, 2.45) is 5.73 Å². The first kappa shape index (κ1) is 14.3. The number of rotatable bonds is 2.